The molecule has 0 aromatic carbocycles. The molecule has 160 valence electrons. The maximum atomic E-state index is 12.0. The molecule has 5 rings (SSSR count). The van der Waals surface area contributed by atoms with Crippen molar-refractivity contribution in [3.63, 3.8) is 0 Å². The Morgan fingerprint density at radius 2 is 1.94 bits per heavy atom. The molecule has 2 fully saturated rings. The first-order chi connectivity index (χ1) is 15.2. The number of carbonyl (C=O) groups is 1. The summed E-state index contributed by atoms with van der Waals surface area (Å²) in [4.78, 5) is 27.0. The molecule has 31 heavy (non-hydrogen) atoms. The average molecular weight is 438 g/mol. The van der Waals surface area contributed by atoms with Crippen molar-refractivity contribution in [3.05, 3.63) is 42.1 Å². The molecule has 0 unspecified atom stereocenters. The third kappa shape index (κ3) is 4.25. The van der Waals surface area contributed by atoms with Crippen molar-refractivity contribution in [1.29, 1.82) is 0 Å². The van der Waals surface area contributed by atoms with Crippen LogP contribution in [0.25, 0.3) is 11.3 Å². The number of nitrogens with zero attached hydrogens (tertiary/aromatic N) is 6. The summed E-state index contributed by atoms with van der Waals surface area (Å²) in [5.74, 6) is 0.537. The van der Waals surface area contributed by atoms with Crippen LogP contribution in [0.1, 0.15) is 51.0 Å². The van der Waals surface area contributed by atoms with Gasteiger partial charge in [-0.25, -0.2) is 9.97 Å². The molecule has 1 saturated heterocycles. The van der Waals surface area contributed by atoms with Crippen LogP contribution >= 0.6 is 11.6 Å². The number of carbonyl (C=O) groups excluding carboxylic acids is 1. The number of halogens is 1. The van der Waals surface area contributed by atoms with Gasteiger partial charge in [0.15, 0.2) is 0 Å². The topological polar surface area (TPSA) is 88.8 Å². The zero-order valence-corrected chi connectivity index (χ0v) is 17.9. The summed E-state index contributed by atoms with van der Waals surface area (Å²) in [6.07, 6.45) is 16.4. The van der Waals surface area contributed by atoms with Crippen molar-refractivity contribution in [3.8, 4) is 11.3 Å². The van der Waals surface area contributed by atoms with Crippen LogP contribution in [0.4, 0.5) is 17.3 Å². The molecule has 4 heterocycles. The maximum absolute atomic E-state index is 12.0. The fourth-order valence-corrected chi connectivity index (χ4v) is 4.53. The van der Waals surface area contributed by atoms with Gasteiger partial charge < -0.3 is 10.2 Å². The number of aromatic nitrogens is 5. The molecule has 0 spiro atoms. The lowest BCUT2D eigenvalue weighted by molar-refractivity contribution is -0.117. The molecule has 0 bridgehead atoms. The van der Waals surface area contributed by atoms with Gasteiger partial charge in [0.1, 0.15) is 0 Å². The van der Waals surface area contributed by atoms with Crippen molar-refractivity contribution in [2.75, 3.05) is 16.8 Å². The molecule has 8 nitrogen and oxygen atoms in total. The van der Waals surface area contributed by atoms with E-state index in [-0.39, 0.29) is 5.91 Å². The van der Waals surface area contributed by atoms with Crippen LogP contribution in [0, 0.1) is 0 Å². The Bertz CT molecular complexity index is 1090. The van der Waals surface area contributed by atoms with E-state index in [0.29, 0.717) is 34.8 Å². The Hall–Kier alpha value is -3.00. The second-order valence-electron chi connectivity index (χ2n) is 8.10. The first-order valence-corrected chi connectivity index (χ1v) is 11.1. The Morgan fingerprint density at radius 3 is 2.74 bits per heavy atom. The molecular weight excluding hydrogens is 414 g/mol. The zero-order chi connectivity index (χ0) is 21.2. The fourth-order valence-electron chi connectivity index (χ4n) is 4.33. The number of hydrogen-bond donors (Lipinski definition) is 1. The first-order valence-electron chi connectivity index (χ1n) is 10.8. The summed E-state index contributed by atoms with van der Waals surface area (Å²) in [5, 5.41) is 8.22. The van der Waals surface area contributed by atoms with Crippen LogP contribution in [-0.2, 0) is 4.79 Å². The minimum atomic E-state index is 0.124. The molecule has 3 aromatic rings. The molecule has 9 heteroatoms. The largest absolute Gasteiger partial charge is 0.323 e. The van der Waals surface area contributed by atoms with Gasteiger partial charge in [-0.15, -0.1) is 0 Å². The highest BCUT2D eigenvalue weighted by atomic mass is 35.5. The van der Waals surface area contributed by atoms with Gasteiger partial charge in [-0.05, 0) is 25.3 Å². The molecule has 2 aliphatic rings. The maximum Gasteiger partial charge on any atom is 0.227 e. The van der Waals surface area contributed by atoms with Gasteiger partial charge in [-0.3, -0.25) is 14.5 Å². The third-order valence-electron chi connectivity index (χ3n) is 5.93. The predicted octanol–water partition coefficient (Wildman–Crippen LogP) is 4.76. The minimum Gasteiger partial charge on any atom is -0.323 e. The highest BCUT2D eigenvalue weighted by Crippen LogP contribution is 2.31. The van der Waals surface area contributed by atoms with E-state index in [1.807, 2.05) is 23.1 Å². The SMILES string of the molecule is O=C1CCCN1c1cncc(Nc2ncc(Cl)c(-c3cnn(C4CCCCC4)c3)n2)c1. The molecule has 1 saturated carbocycles. The van der Waals surface area contributed by atoms with E-state index in [0.717, 1.165) is 37.1 Å². The summed E-state index contributed by atoms with van der Waals surface area (Å²) >= 11 is 6.41. The van der Waals surface area contributed by atoms with E-state index in [2.05, 4.69) is 25.4 Å². The van der Waals surface area contributed by atoms with Crippen LogP contribution < -0.4 is 10.2 Å². The van der Waals surface area contributed by atoms with E-state index >= 15 is 0 Å². The molecule has 3 aromatic heterocycles. The van der Waals surface area contributed by atoms with Crippen LogP contribution in [-0.4, -0.2) is 37.2 Å². The summed E-state index contributed by atoms with van der Waals surface area (Å²) < 4.78 is 2.04. The van der Waals surface area contributed by atoms with Gasteiger partial charge in [-0.2, -0.15) is 5.10 Å². The Balaban J connectivity index is 1.37. The normalized spacial score (nSPS) is 17.3. The van der Waals surface area contributed by atoms with Crippen molar-refractivity contribution < 1.29 is 4.79 Å². The highest BCUT2D eigenvalue weighted by Gasteiger charge is 2.22. The van der Waals surface area contributed by atoms with Crippen LogP contribution in [0.3, 0.4) is 0 Å². The number of amides is 1. The molecule has 1 aliphatic heterocycles. The molecule has 1 aliphatic carbocycles. The Labute approximate surface area is 185 Å². The third-order valence-corrected chi connectivity index (χ3v) is 6.21. The summed E-state index contributed by atoms with van der Waals surface area (Å²) in [6.45, 7) is 0.719. The molecule has 1 amide bonds. The van der Waals surface area contributed by atoms with Gasteiger partial charge in [0.25, 0.3) is 0 Å². The van der Waals surface area contributed by atoms with Gasteiger partial charge in [0.05, 0.1) is 52.9 Å². The zero-order valence-electron chi connectivity index (χ0n) is 17.2. The summed E-state index contributed by atoms with van der Waals surface area (Å²) in [5.41, 5.74) is 2.99. The summed E-state index contributed by atoms with van der Waals surface area (Å²) in [6, 6.07) is 2.33. The van der Waals surface area contributed by atoms with E-state index in [1.165, 1.54) is 19.3 Å². The number of hydrogen-bond acceptors (Lipinski definition) is 6. The smallest absolute Gasteiger partial charge is 0.227 e. The van der Waals surface area contributed by atoms with Gasteiger partial charge in [-0.1, -0.05) is 30.9 Å². The number of nitrogens with one attached hydrogen (secondary N) is 1. The van der Waals surface area contributed by atoms with Gasteiger partial charge in [0.2, 0.25) is 11.9 Å². The lowest BCUT2D eigenvalue weighted by Gasteiger charge is -2.21. The quantitative estimate of drug-likeness (QED) is 0.618. The Kier molecular flexibility index (Phi) is 5.55. The van der Waals surface area contributed by atoms with E-state index in [1.54, 1.807) is 23.5 Å². The number of pyridine rings is 1. The molecule has 0 atom stereocenters. The van der Waals surface area contributed by atoms with E-state index < -0.39 is 0 Å². The van der Waals surface area contributed by atoms with E-state index in [9.17, 15) is 4.79 Å². The van der Waals surface area contributed by atoms with Gasteiger partial charge >= 0.3 is 0 Å². The minimum absolute atomic E-state index is 0.124. The molecule has 1 N–H and O–H groups in total. The number of rotatable bonds is 5. The lowest BCUT2D eigenvalue weighted by atomic mass is 9.96. The Morgan fingerprint density at radius 1 is 1.06 bits per heavy atom. The predicted molar refractivity (Wildman–Crippen MR) is 119 cm³/mol. The van der Waals surface area contributed by atoms with Gasteiger partial charge in [0, 0.05) is 24.7 Å². The van der Waals surface area contributed by atoms with Crippen LogP contribution in [0.2, 0.25) is 5.02 Å². The standard InChI is InChI=1S/C22H24ClN7O/c23-19-13-25-22(27-16-9-18(12-24-11-16)29-8-4-7-20(29)31)28-21(19)15-10-26-30(14-15)17-5-2-1-3-6-17/h9-14,17H,1-8H2,(H,25,27,28). The molecular formula is C22H24ClN7O. The van der Waals surface area contributed by atoms with Crippen molar-refractivity contribution >= 4 is 34.8 Å². The van der Waals surface area contributed by atoms with Crippen LogP contribution in [0.5, 0.6) is 0 Å². The monoisotopic (exact) mass is 437 g/mol. The molecule has 0 radical (unpaired) electrons. The summed E-state index contributed by atoms with van der Waals surface area (Å²) in [7, 11) is 0. The fraction of sp³-hybridized carbons (Fsp3) is 0.409. The second kappa shape index (κ2) is 8.63. The van der Waals surface area contributed by atoms with Crippen LogP contribution in [0.15, 0.2) is 37.1 Å². The first kappa shape index (κ1) is 19.9. The lowest BCUT2D eigenvalue weighted by Crippen LogP contribution is -2.23. The van der Waals surface area contributed by atoms with Crippen molar-refractivity contribution in [1.82, 2.24) is 24.7 Å². The average Bonchev–Trinajstić information content (AvgIpc) is 3.45. The highest BCUT2D eigenvalue weighted by molar-refractivity contribution is 6.32. The second-order valence-corrected chi connectivity index (χ2v) is 8.50. The van der Waals surface area contributed by atoms with E-state index in [4.69, 9.17) is 11.6 Å². The van der Waals surface area contributed by atoms with Crippen molar-refractivity contribution in [2.45, 2.75) is 51.0 Å². The van der Waals surface area contributed by atoms with Crippen molar-refractivity contribution in [2.24, 2.45) is 0 Å². The number of anilines is 3.